The lowest BCUT2D eigenvalue weighted by Gasteiger charge is -2.10. The van der Waals surface area contributed by atoms with Crippen molar-refractivity contribution < 1.29 is 23.1 Å². The van der Waals surface area contributed by atoms with Gasteiger partial charge in [0.2, 0.25) is 0 Å². The number of hydrogen-bond donors (Lipinski definition) is 2. The number of fused-ring (bicyclic) bond motifs is 3. The molecule has 0 amide bonds. The Kier molecular flexibility index (Phi) is 4.54. The zero-order chi connectivity index (χ0) is 20.1. The maximum Gasteiger partial charge on any atom is 0.329 e. The minimum Gasteiger partial charge on any atom is -0.334 e. The fourth-order valence-electron chi connectivity index (χ4n) is 3.54. The van der Waals surface area contributed by atoms with Gasteiger partial charge in [-0.25, -0.2) is 8.78 Å². The Bertz CT molecular complexity index is 1250. The summed E-state index contributed by atoms with van der Waals surface area (Å²) in [6.07, 6.45) is 1.27. The minimum absolute atomic E-state index is 0.276. The Balaban J connectivity index is 1.85. The fourth-order valence-corrected chi connectivity index (χ4v) is 4.22. The van der Waals surface area contributed by atoms with Crippen LogP contribution in [0.2, 0.25) is 0 Å². The van der Waals surface area contributed by atoms with E-state index in [9.17, 15) is 13.3 Å². The van der Waals surface area contributed by atoms with Crippen LogP contribution in [-0.2, 0) is 17.3 Å². The molecular formula is C20H17F2N2O3P. The van der Waals surface area contributed by atoms with E-state index in [1.165, 1.54) is 6.07 Å². The average Bonchev–Trinajstić information content (AvgIpc) is 2.90. The molecule has 0 unspecified atom stereocenters. The summed E-state index contributed by atoms with van der Waals surface area (Å²) in [6, 6.07) is 10.8. The second kappa shape index (κ2) is 6.78. The Labute approximate surface area is 159 Å². The van der Waals surface area contributed by atoms with Crippen molar-refractivity contribution in [2.45, 2.75) is 19.6 Å². The molecule has 0 atom stereocenters. The zero-order valence-electron chi connectivity index (χ0n) is 14.9. The smallest absolute Gasteiger partial charge is 0.329 e. The SMILES string of the molecule is Cc1ccnc2c3c(F)cc(F)cc3n(Cc3ccc(CP(=O)(O)O)cc3)c12. The van der Waals surface area contributed by atoms with Gasteiger partial charge >= 0.3 is 7.60 Å². The molecule has 4 aromatic rings. The Morgan fingerprint density at radius 3 is 2.43 bits per heavy atom. The van der Waals surface area contributed by atoms with Crippen molar-refractivity contribution in [2.24, 2.45) is 0 Å². The van der Waals surface area contributed by atoms with Crippen LogP contribution in [-0.4, -0.2) is 19.3 Å². The molecule has 28 heavy (non-hydrogen) atoms. The van der Waals surface area contributed by atoms with Gasteiger partial charge < -0.3 is 14.4 Å². The molecule has 0 aliphatic heterocycles. The first-order chi connectivity index (χ1) is 13.2. The van der Waals surface area contributed by atoms with Gasteiger partial charge in [-0.05, 0) is 35.7 Å². The van der Waals surface area contributed by atoms with E-state index in [0.29, 0.717) is 23.1 Å². The van der Waals surface area contributed by atoms with E-state index in [1.54, 1.807) is 30.5 Å². The van der Waals surface area contributed by atoms with Crippen LogP contribution in [0.25, 0.3) is 21.9 Å². The number of hydrogen-bond acceptors (Lipinski definition) is 2. The molecule has 0 aliphatic rings. The fraction of sp³-hybridized carbons (Fsp3) is 0.150. The average molecular weight is 402 g/mol. The highest BCUT2D eigenvalue weighted by molar-refractivity contribution is 7.50. The van der Waals surface area contributed by atoms with Gasteiger partial charge in [-0.3, -0.25) is 9.55 Å². The van der Waals surface area contributed by atoms with Crippen molar-refractivity contribution >= 4 is 29.5 Å². The first-order valence-electron chi connectivity index (χ1n) is 8.58. The molecule has 0 aliphatic carbocycles. The van der Waals surface area contributed by atoms with Crippen molar-refractivity contribution in [3.63, 3.8) is 0 Å². The van der Waals surface area contributed by atoms with E-state index in [0.717, 1.165) is 22.7 Å². The van der Waals surface area contributed by atoms with Crippen LogP contribution in [0.4, 0.5) is 8.78 Å². The predicted molar refractivity (Wildman–Crippen MR) is 103 cm³/mol. The largest absolute Gasteiger partial charge is 0.334 e. The molecule has 5 nitrogen and oxygen atoms in total. The lowest BCUT2D eigenvalue weighted by Crippen LogP contribution is -2.01. The number of pyridine rings is 1. The summed E-state index contributed by atoms with van der Waals surface area (Å²) in [5, 5.41) is 0.276. The summed E-state index contributed by atoms with van der Waals surface area (Å²) >= 11 is 0. The van der Waals surface area contributed by atoms with Crippen LogP contribution in [0.15, 0.2) is 48.7 Å². The van der Waals surface area contributed by atoms with E-state index in [4.69, 9.17) is 9.79 Å². The number of rotatable bonds is 4. The molecule has 0 spiro atoms. The van der Waals surface area contributed by atoms with Gasteiger partial charge in [0.25, 0.3) is 0 Å². The van der Waals surface area contributed by atoms with Gasteiger partial charge in [-0.15, -0.1) is 0 Å². The van der Waals surface area contributed by atoms with Crippen molar-refractivity contribution in [2.75, 3.05) is 0 Å². The lowest BCUT2D eigenvalue weighted by molar-refractivity contribution is 0.371. The standard InChI is InChI=1S/C20H17F2N2O3P/c1-12-6-7-23-19-18-16(22)8-15(21)9-17(18)24(20(12)19)10-13-2-4-14(5-3-13)11-28(25,26)27/h2-9H,10-11H2,1H3,(H2,25,26,27). The number of benzene rings is 2. The van der Waals surface area contributed by atoms with E-state index < -0.39 is 19.2 Å². The topological polar surface area (TPSA) is 75.4 Å². The number of halogens is 2. The highest BCUT2D eigenvalue weighted by atomic mass is 31.2. The molecule has 0 saturated heterocycles. The van der Waals surface area contributed by atoms with Crippen LogP contribution in [0.1, 0.15) is 16.7 Å². The van der Waals surface area contributed by atoms with Crippen LogP contribution in [0.5, 0.6) is 0 Å². The molecule has 8 heteroatoms. The van der Waals surface area contributed by atoms with Crippen molar-refractivity contribution in [3.8, 4) is 0 Å². The maximum atomic E-state index is 14.5. The molecular weight excluding hydrogens is 385 g/mol. The maximum absolute atomic E-state index is 14.5. The highest BCUT2D eigenvalue weighted by Gasteiger charge is 2.19. The quantitative estimate of drug-likeness (QED) is 0.493. The van der Waals surface area contributed by atoms with E-state index in [2.05, 4.69) is 4.98 Å². The van der Waals surface area contributed by atoms with Gasteiger partial charge in [0, 0.05) is 18.8 Å². The summed E-state index contributed by atoms with van der Waals surface area (Å²) < 4.78 is 41.4. The molecule has 0 bridgehead atoms. The molecule has 2 aromatic heterocycles. The molecule has 0 fully saturated rings. The molecule has 2 heterocycles. The second-order valence-corrected chi connectivity index (χ2v) is 8.48. The highest BCUT2D eigenvalue weighted by Crippen LogP contribution is 2.39. The number of nitrogens with zero attached hydrogens (tertiary/aromatic N) is 2. The second-order valence-electron chi connectivity index (χ2n) is 6.83. The van der Waals surface area contributed by atoms with E-state index >= 15 is 0 Å². The third kappa shape index (κ3) is 3.44. The Morgan fingerprint density at radius 1 is 1.07 bits per heavy atom. The summed E-state index contributed by atoms with van der Waals surface area (Å²) in [7, 11) is -4.14. The molecule has 2 N–H and O–H groups in total. The van der Waals surface area contributed by atoms with Crippen LogP contribution in [0, 0.1) is 18.6 Å². The summed E-state index contributed by atoms with van der Waals surface area (Å²) in [5.74, 6) is -1.32. The number of aryl methyl sites for hydroxylation is 1. The predicted octanol–water partition coefficient (Wildman–Crippen LogP) is 4.50. The van der Waals surface area contributed by atoms with Crippen molar-refractivity contribution in [3.05, 3.63) is 77.0 Å². The van der Waals surface area contributed by atoms with Gasteiger partial charge in [0.15, 0.2) is 0 Å². The summed E-state index contributed by atoms with van der Waals surface area (Å²) in [4.78, 5) is 22.5. The molecule has 0 radical (unpaired) electrons. The van der Waals surface area contributed by atoms with E-state index in [1.807, 2.05) is 17.6 Å². The van der Waals surface area contributed by atoms with Gasteiger partial charge in [-0.2, -0.15) is 0 Å². The molecule has 4 rings (SSSR count). The van der Waals surface area contributed by atoms with Crippen molar-refractivity contribution in [1.29, 1.82) is 0 Å². The Hall–Kier alpha value is -2.60. The van der Waals surface area contributed by atoms with Crippen molar-refractivity contribution in [1.82, 2.24) is 9.55 Å². The third-order valence-electron chi connectivity index (χ3n) is 4.71. The molecule has 144 valence electrons. The summed E-state index contributed by atoms with van der Waals surface area (Å²) in [6.45, 7) is 2.22. The monoisotopic (exact) mass is 402 g/mol. The number of aromatic nitrogens is 2. The van der Waals surface area contributed by atoms with E-state index in [-0.39, 0.29) is 11.5 Å². The first kappa shape index (κ1) is 18.7. The molecule has 0 saturated carbocycles. The van der Waals surface area contributed by atoms with Gasteiger partial charge in [-0.1, -0.05) is 24.3 Å². The zero-order valence-corrected chi connectivity index (χ0v) is 15.8. The van der Waals surface area contributed by atoms with Gasteiger partial charge in [0.1, 0.15) is 11.6 Å². The first-order valence-corrected chi connectivity index (χ1v) is 10.4. The minimum atomic E-state index is -4.14. The third-order valence-corrected chi connectivity index (χ3v) is 5.49. The van der Waals surface area contributed by atoms with Crippen LogP contribution in [0.3, 0.4) is 0 Å². The lowest BCUT2D eigenvalue weighted by atomic mass is 10.1. The normalized spacial score (nSPS) is 12.2. The molecule has 2 aromatic carbocycles. The van der Waals surface area contributed by atoms with Crippen LogP contribution >= 0.6 is 7.60 Å². The Morgan fingerprint density at radius 2 is 1.75 bits per heavy atom. The summed E-state index contributed by atoms with van der Waals surface area (Å²) in [5.41, 5.74) is 3.86. The van der Waals surface area contributed by atoms with Crippen LogP contribution < -0.4 is 0 Å². The van der Waals surface area contributed by atoms with Gasteiger partial charge in [0.05, 0.1) is 28.1 Å².